The molecule has 0 radical (unpaired) electrons. The molecule has 0 saturated carbocycles. The van der Waals surface area contributed by atoms with Crippen LogP contribution in [0.5, 0.6) is 11.5 Å². The van der Waals surface area contributed by atoms with Crippen molar-refractivity contribution in [3.05, 3.63) is 217 Å². The number of nitrogens with zero attached hydrogens (tertiary/aromatic N) is 2. The van der Waals surface area contributed by atoms with E-state index in [1.807, 2.05) is 0 Å². The maximum Gasteiger partial charge on any atom is 0.137 e. The van der Waals surface area contributed by atoms with Gasteiger partial charge in [-0.15, -0.1) is 0 Å². The fourth-order valence-electron chi connectivity index (χ4n) is 9.25. The molecule has 0 aromatic heterocycles. The van der Waals surface area contributed by atoms with Gasteiger partial charge >= 0.3 is 0 Å². The number of hydrogen-bond donors (Lipinski definition) is 0. The van der Waals surface area contributed by atoms with Gasteiger partial charge in [0.25, 0.3) is 0 Å². The van der Waals surface area contributed by atoms with Gasteiger partial charge in [0.15, 0.2) is 0 Å². The predicted molar refractivity (Wildman–Crippen MR) is 242 cm³/mol. The summed E-state index contributed by atoms with van der Waals surface area (Å²) in [4.78, 5) is 4.70. The Morgan fingerprint density at radius 1 is 0.362 bits per heavy atom. The Bertz CT molecular complexity index is 2950. The van der Waals surface area contributed by atoms with Gasteiger partial charge in [0, 0.05) is 56.3 Å². The van der Waals surface area contributed by atoms with Crippen LogP contribution in [0.1, 0.15) is 25.0 Å². The van der Waals surface area contributed by atoms with Crippen LogP contribution >= 0.6 is 0 Å². The first-order chi connectivity index (χ1) is 28.5. The number of benzene rings is 9. The fraction of sp³-hybridized carbons (Fsp3) is 0.0545. The first-order valence-electron chi connectivity index (χ1n) is 20.0. The zero-order valence-corrected chi connectivity index (χ0v) is 32.4. The van der Waals surface area contributed by atoms with Crippen LogP contribution in [0.3, 0.4) is 0 Å². The van der Waals surface area contributed by atoms with E-state index in [0.29, 0.717) is 0 Å². The van der Waals surface area contributed by atoms with Crippen LogP contribution in [0, 0.1) is 0 Å². The molecule has 3 nitrogen and oxygen atoms in total. The summed E-state index contributed by atoms with van der Waals surface area (Å²) >= 11 is 0. The molecule has 9 aromatic rings. The van der Waals surface area contributed by atoms with E-state index in [1.54, 1.807) is 0 Å². The highest BCUT2D eigenvalue weighted by Crippen LogP contribution is 2.54. The summed E-state index contributed by atoms with van der Waals surface area (Å²) < 4.78 is 6.90. The van der Waals surface area contributed by atoms with Crippen molar-refractivity contribution < 1.29 is 4.74 Å². The summed E-state index contributed by atoms with van der Waals surface area (Å²) in [5, 5.41) is 2.25. The molecular formula is C55H40N2O. The number of hydrogen-bond acceptors (Lipinski definition) is 3. The SMILES string of the molecule is CC1(C)c2ccccc2-c2cc(N(c3ccc(-c4ccccc4)cc3)c3ccc4c5c(cccc35)-c3ccc(N(c5ccccc5)c5ccccc5)cc3O4)ccc21. The molecule has 1 aliphatic carbocycles. The molecule has 1 heterocycles. The summed E-state index contributed by atoms with van der Waals surface area (Å²) in [5.74, 6) is 1.70. The molecule has 0 unspecified atom stereocenters. The molecule has 0 fully saturated rings. The Morgan fingerprint density at radius 3 is 1.67 bits per heavy atom. The van der Waals surface area contributed by atoms with Crippen molar-refractivity contribution in [2.45, 2.75) is 19.3 Å². The average molecular weight is 745 g/mol. The zero-order valence-electron chi connectivity index (χ0n) is 32.4. The molecule has 11 rings (SSSR count). The summed E-state index contributed by atoms with van der Waals surface area (Å²) in [6.07, 6.45) is 0. The van der Waals surface area contributed by atoms with Gasteiger partial charge in [-0.1, -0.05) is 141 Å². The quantitative estimate of drug-likeness (QED) is 0.162. The van der Waals surface area contributed by atoms with Crippen molar-refractivity contribution in [2.24, 2.45) is 0 Å². The van der Waals surface area contributed by atoms with Crippen LogP contribution in [0.2, 0.25) is 0 Å². The standard InChI is InChI=1S/C55H40N2O/c1-55(2)49-24-13-12-21-44(49)48-35-42(30-32-50(48)55)57(41-27-25-38(26-28-41)37-15-6-3-7-16-37)51-33-34-52-54-46(22-14-23-47(51)54)45-31-29-43(36-53(45)58-52)56(39-17-8-4-9-18-39)40-19-10-5-11-20-40/h3-36H,1-2H3. The number of fused-ring (bicyclic) bond motifs is 5. The van der Waals surface area contributed by atoms with Crippen molar-refractivity contribution in [1.29, 1.82) is 0 Å². The second-order valence-electron chi connectivity index (χ2n) is 15.7. The van der Waals surface area contributed by atoms with Gasteiger partial charge in [0.1, 0.15) is 11.5 Å². The molecule has 276 valence electrons. The minimum atomic E-state index is -0.0727. The zero-order chi connectivity index (χ0) is 38.8. The lowest BCUT2D eigenvalue weighted by Gasteiger charge is -2.31. The Morgan fingerprint density at radius 2 is 0.931 bits per heavy atom. The van der Waals surface area contributed by atoms with Crippen LogP contribution in [-0.2, 0) is 5.41 Å². The highest BCUT2D eigenvalue weighted by atomic mass is 16.5. The molecule has 0 atom stereocenters. The summed E-state index contributed by atoms with van der Waals surface area (Å²) in [7, 11) is 0. The van der Waals surface area contributed by atoms with Crippen molar-refractivity contribution in [2.75, 3.05) is 9.80 Å². The Balaban J connectivity index is 1.06. The molecule has 0 amide bonds. The normalized spacial score (nSPS) is 12.9. The van der Waals surface area contributed by atoms with Crippen LogP contribution in [-0.4, -0.2) is 0 Å². The van der Waals surface area contributed by atoms with Crippen LogP contribution in [0.15, 0.2) is 206 Å². The van der Waals surface area contributed by atoms with E-state index in [-0.39, 0.29) is 5.41 Å². The van der Waals surface area contributed by atoms with Gasteiger partial charge in [-0.25, -0.2) is 0 Å². The van der Waals surface area contributed by atoms with Crippen molar-refractivity contribution in [3.63, 3.8) is 0 Å². The van der Waals surface area contributed by atoms with Crippen molar-refractivity contribution >= 4 is 44.9 Å². The topological polar surface area (TPSA) is 15.7 Å². The van der Waals surface area contributed by atoms with Crippen molar-refractivity contribution in [1.82, 2.24) is 0 Å². The lowest BCUT2D eigenvalue weighted by Crippen LogP contribution is -2.15. The number of anilines is 6. The molecule has 9 aromatic carbocycles. The van der Waals surface area contributed by atoms with Gasteiger partial charge in [-0.3, -0.25) is 0 Å². The fourth-order valence-corrected chi connectivity index (χ4v) is 9.25. The molecule has 0 N–H and O–H groups in total. The van der Waals surface area contributed by atoms with Gasteiger partial charge in [-0.2, -0.15) is 0 Å². The van der Waals surface area contributed by atoms with Gasteiger partial charge in [-0.05, 0) is 112 Å². The third kappa shape index (κ3) is 5.43. The summed E-state index contributed by atoms with van der Waals surface area (Å²) in [6.45, 7) is 4.68. The Labute approximate surface area is 339 Å². The molecule has 1 aliphatic heterocycles. The number of rotatable bonds is 7. The highest BCUT2D eigenvalue weighted by molar-refractivity contribution is 6.11. The van der Waals surface area contributed by atoms with E-state index in [2.05, 4.69) is 230 Å². The highest BCUT2D eigenvalue weighted by Gasteiger charge is 2.36. The number of ether oxygens (including phenoxy) is 1. The van der Waals surface area contributed by atoms with Crippen LogP contribution in [0.4, 0.5) is 34.1 Å². The smallest absolute Gasteiger partial charge is 0.137 e. The van der Waals surface area contributed by atoms with Gasteiger partial charge < -0.3 is 14.5 Å². The Hall–Kier alpha value is -7.36. The first-order valence-corrected chi connectivity index (χ1v) is 20.0. The molecular weight excluding hydrogens is 705 g/mol. The second-order valence-corrected chi connectivity index (χ2v) is 15.7. The second kappa shape index (κ2) is 13.4. The minimum Gasteiger partial charge on any atom is -0.456 e. The molecule has 58 heavy (non-hydrogen) atoms. The van der Waals surface area contributed by atoms with Crippen molar-refractivity contribution in [3.8, 4) is 44.9 Å². The van der Waals surface area contributed by atoms with E-state index < -0.39 is 0 Å². The largest absolute Gasteiger partial charge is 0.456 e. The predicted octanol–water partition coefficient (Wildman–Crippen LogP) is 15.5. The van der Waals surface area contributed by atoms with Crippen LogP contribution < -0.4 is 14.5 Å². The third-order valence-corrected chi connectivity index (χ3v) is 12.0. The molecule has 0 saturated heterocycles. The summed E-state index contributed by atoms with van der Waals surface area (Å²) in [6, 6.07) is 74.1. The monoisotopic (exact) mass is 744 g/mol. The first kappa shape index (κ1) is 33.9. The molecule has 0 bridgehead atoms. The van der Waals surface area contributed by atoms with Gasteiger partial charge in [0.05, 0.1) is 5.69 Å². The van der Waals surface area contributed by atoms with E-state index >= 15 is 0 Å². The lowest BCUT2D eigenvalue weighted by atomic mass is 9.82. The molecule has 2 aliphatic rings. The van der Waals surface area contributed by atoms with E-state index in [1.165, 1.54) is 33.4 Å². The van der Waals surface area contributed by atoms with Gasteiger partial charge in [0.2, 0.25) is 0 Å². The Kier molecular flexibility index (Phi) is 7.84. The minimum absolute atomic E-state index is 0.0727. The molecule has 3 heteroatoms. The lowest BCUT2D eigenvalue weighted by molar-refractivity contribution is 0.487. The third-order valence-electron chi connectivity index (χ3n) is 12.0. The van der Waals surface area contributed by atoms with E-state index in [4.69, 9.17) is 4.74 Å². The van der Waals surface area contributed by atoms with E-state index in [0.717, 1.165) is 67.5 Å². The molecule has 0 spiro atoms. The average Bonchev–Trinajstić information content (AvgIpc) is 3.51. The maximum atomic E-state index is 6.90. The van der Waals surface area contributed by atoms with E-state index in [9.17, 15) is 0 Å². The van der Waals surface area contributed by atoms with Crippen LogP contribution in [0.25, 0.3) is 44.2 Å². The maximum absolute atomic E-state index is 6.90. The number of para-hydroxylation sites is 2. The summed E-state index contributed by atoms with van der Waals surface area (Å²) in [5.41, 5.74) is 16.4.